The second-order valence-electron chi connectivity index (χ2n) is 8.04. The normalized spacial score (nSPS) is 25.2. The van der Waals surface area contributed by atoms with Crippen LogP contribution < -0.4 is 5.32 Å². The molecular formula is C25H24Br2FNOS. The van der Waals surface area contributed by atoms with Crippen LogP contribution in [0.2, 0.25) is 0 Å². The molecule has 0 amide bonds. The van der Waals surface area contributed by atoms with Crippen molar-refractivity contribution >= 4 is 49.4 Å². The highest BCUT2D eigenvalue weighted by molar-refractivity contribution is 9.14. The lowest BCUT2D eigenvalue weighted by molar-refractivity contribution is -0.123. The summed E-state index contributed by atoms with van der Waals surface area (Å²) in [4.78, 5) is 14.0. The molecule has 2 nitrogen and oxygen atoms in total. The van der Waals surface area contributed by atoms with Crippen molar-refractivity contribution in [2.24, 2.45) is 0 Å². The number of allylic oxidation sites excluding steroid dienone is 3. The van der Waals surface area contributed by atoms with Crippen molar-refractivity contribution in [3.63, 3.8) is 0 Å². The molecule has 1 aliphatic carbocycles. The highest BCUT2D eigenvalue weighted by atomic mass is 79.9. The lowest BCUT2D eigenvalue weighted by atomic mass is 9.70. The molecule has 1 N–H and O–H groups in total. The summed E-state index contributed by atoms with van der Waals surface area (Å²) < 4.78 is 14.0. The Labute approximate surface area is 204 Å². The van der Waals surface area contributed by atoms with Crippen molar-refractivity contribution < 1.29 is 9.18 Å². The molecule has 1 heterocycles. The van der Waals surface area contributed by atoms with Gasteiger partial charge in [0.15, 0.2) is 0 Å². The van der Waals surface area contributed by atoms with Crippen LogP contribution in [0.1, 0.15) is 30.9 Å². The van der Waals surface area contributed by atoms with Crippen LogP contribution >= 0.6 is 43.6 Å². The van der Waals surface area contributed by atoms with Gasteiger partial charge in [-0.25, -0.2) is 4.39 Å². The Kier molecular flexibility index (Phi) is 6.92. The third kappa shape index (κ3) is 4.24. The average Bonchev–Trinajstić information content (AvgIpc) is 2.78. The monoisotopic (exact) mass is 563 g/mol. The molecule has 1 fully saturated rings. The van der Waals surface area contributed by atoms with Crippen LogP contribution in [0.25, 0.3) is 0 Å². The van der Waals surface area contributed by atoms with Crippen molar-refractivity contribution in [3.05, 3.63) is 88.2 Å². The van der Waals surface area contributed by atoms with Crippen molar-refractivity contribution in [2.45, 2.75) is 39.7 Å². The molecule has 6 heteroatoms. The minimum absolute atomic E-state index is 0.00390. The number of hydrogen-bond acceptors (Lipinski definition) is 3. The molecule has 31 heavy (non-hydrogen) atoms. The summed E-state index contributed by atoms with van der Waals surface area (Å²) in [6.45, 7) is 3.40. The molecule has 1 aliphatic heterocycles. The van der Waals surface area contributed by atoms with E-state index in [0.717, 1.165) is 46.4 Å². The van der Waals surface area contributed by atoms with Crippen LogP contribution in [0.4, 0.5) is 4.39 Å². The van der Waals surface area contributed by atoms with Gasteiger partial charge >= 0.3 is 0 Å². The first-order chi connectivity index (χ1) is 14.9. The Balaban J connectivity index is 1.75. The molecule has 2 aromatic carbocycles. The van der Waals surface area contributed by atoms with Gasteiger partial charge in [0.25, 0.3) is 0 Å². The summed E-state index contributed by atoms with van der Waals surface area (Å²) in [6.07, 6.45) is 7.83. The Morgan fingerprint density at radius 3 is 2.48 bits per heavy atom. The van der Waals surface area contributed by atoms with Gasteiger partial charge in [0, 0.05) is 9.38 Å². The Bertz CT molecular complexity index is 1030. The predicted octanol–water partition coefficient (Wildman–Crippen LogP) is 6.64. The highest BCUT2D eigenvalue weighted by Gasteiger charge is 2.44. The molecule has 162 valence electrons. The Morgan fingerprint density at radius 2 is 1.81 bits per heavy atom. The molecular weight excluding hydrogens is 541 g/mol. The quantitative estimate of drug-likeness (QED) is 0.413. The van der Waals surface area contributed by atoms with Crippen molar-refractivity contribution in [3.8, 4) is 0 Å². The molecule has 0 radical (unpaired) electrons. The number of hydrogen-bond donors (Lipinski definition) is 1. The first kappa shape index (κ1) is 23.0. The number of carbonyl (C=O) groups is 1. The van der Waals surface area contributed by atoms with E-state index in [1.807, 2.05) is 36.4 Å². The van der Waals surface area contributed by atoms with Crippen LogP contribution in [-0.4, -0.2) is 24.1 Å². The Hall–Kier alpha value is -1.21. The molecule has 1 saturated heterocycles. The summed E-state index contributed by atoms with van der Waals surface area (Å²) in [5.74, 6) is -0.0267. The van der Waals surface area contributed by atoms with E-state index in [9.17, 15) is 9.18 Å². The number of piperidine rings is 1. The third-order valence-corrected chi connectivity index (χ3v) is 10.8. The van der Waals surface area contributed by atoms with Crippen LogP contribution in [0.15, 0.2) is 76.1 Å². The fourth-order valence-electron chi connectivity index (χ4n) is 4.51. The van der Waals surface area contributed by atoms with Gasteiger partial charge in [-0.1, -0.05) is 80.4 Å². The van der Waals surface area contributed by atoms with Crippen molar-refractivity contribution in [1.82, 2.24) is 5.32 Å². The minimum Gasteiger partial charge on any atom is -0.317 e. The number of Topliss-reactive ketones (excluding diaryl/α,β-unsaturated/α-hetero) is 1. The van der Waals surface area contributed by atoms with E-state index < -0.39 is 9.74 Å². The molecule has 2 atom stereocenters. The summed E-state index contributed by atoms with van der Waals surface area (Å²) >= 11 is 9.48. The number of nitrogens with one attached hydrogen (secondary N) is 1. The van der Waals surface area contributed by atoms with E-state index in [1.54, 1.807) is 18.7 Å². The molecule has 0 aromatic heterocycles. The SMILES string of the molecule is CC(=O)C1(c2ccccc2SC2C=CC=C(Br)C2(Br)c2ccc(F)cc2)CCNCC1. The van der Waals surface area contributed by atoms with Gasteiger partial charge in [-0.3, -0.25) is 4.79 Å². The van der Waals surface area contributed by atoms with Crippen LogP contribution in [0, 0.1) is 5.82 Å². The number of benzene rings is 2. The van der Waals surface area contributed by atoms with E-state index in [2.05, 4.69) is 55.4 Å². The lowest BCUT2D eigenvalue weighted by Gasteiger charge is -2.39. The van der Waals surface area contributed by atoms with Gasteiger partial charge < -0.3 is 5.32 Å². The van der Waals surface area contributed by atoms with Crippen LogP contribution in [0.5, 0.6) is 0 Å². The molecule has 0 bridgehead atoms. The van der Waals surface area contributed by atoms with Gasteiger partial charge in [0.1, 0.15) is 11.6 Å². The molecule has 2 unspecified atom stereocenters. The number of carbonyl (C=O) groups excluding carboxylic acids is 1. The zero-order valence-corrected chi connectivity index (χ0v) is 21.2. The van der Waals surface area contributed by atoms with Crippen LogP contribution in [0.3, 0.4) is 0 Å². The van der Waals surface area contributed by atoms with Crippen molar-refractivity contribution in [2.75, 3.05) is 13.1 Å². The highest BCUT2D eigenvalue weighted by Crippen LogP contribution is 2.54. The fourth-order valence-corrected chi connectivity index (χ4v) is 7.54. The first-order valence-electron chi connectivity index (χ1n) is 10.4. The maximum absolute atomic E-state index is 13.6. The molecule has 2 aliphatic rings. The van der Waals surface area contributed by atoms with Crippen LogP contribution in [-0.2, 0) is 14.5 Å². The van der Waals surface area contributed by atoms with Gasteiger partial charge in [0.05, 0.1) is 15.0 Å². The molecule has 2 aromatic rings. The number of thioether (sulfide) groups is 1. The zero-order valence-electron chi connectivity index (χ0n) is 17.2. The van der Waals surface area contributed by atoms with E-state index in [-0.39, 0.29) is 16.9 Å². The maximum atomic E-state index is 13.6. The number of rotatable bonds is 5. The van der Waals surface area contributed by atoms with E-state index in [1.165, 1.54) is 12.1 Å². The third-order valence-electron chi connectivity index (χ3n) is 6.32. The fraction of sp³-hybridized carbons (Fsp3) is 0.320. The summed E-state index contributed by atoms with van der Waals surface area (Å²) in [7, 11) is 0. The second kappa shape index (κ2) is 9.34. The van der Waals surface area contributed by atoms with E-state index in [4.69, 9.17) is 0 Å². The number of ketones is 1. The number of alkyl halides is 1. The summed E-state index contributed by atoms with van der Waals surface area (Å²) in [5.41, 5.74) is 1.63. The molecule has 4 rings (SSSR count). The van der Waals surface area contributed by atoms with Gasteiger partial charge in [0.2, 0.25) is 0 Å². The predicted molar refractivity (Wildman–Crippen MR) is 134 cm³/mol. The summed E-state index contributed by atoms with van der Waals surface area (Å²) in [5, 5.41) is 3.39. The van der Waals surface area contributed by atoms with E-state index in [0.29, 0.717) is 0 Å². The largest absolute Gasteiger partial charge is 0.317 e. The molecule has 0 saturated carbocycles. The Morgan fingerprint density at radius 1 is 1.13 bits per heavy atom. The summed E-state index contributed by atoms with van der Waals surface area (Å²) in [6, 6.07) is 14.9. The smallest absolute Gasteiger partial charge is 0.140 e. The first-order valence-corrected chi connectivity index (χ1v) is 12.8. The number of halogens is 3. The van der Waals surface area contributed by atoms with Crippen molar-refractivity contribution in [1.29, 1.82) is 0 Å². The van der Waals surface area contributed by atoms with E-state index >= 15 is 0 Å². The second-order valence-corrected chi connectivity index (χ2v) is 11.3. The van der Waals surface area contributed by atoms with Gasteiger partial charge in [-0.2, -0.15) is 0 Å². The van der Waals surface area contributed by atoms with Gasteiger partial charge in [-0.15, -0.1) is 11.8 Å². The van der Waals surface area contributed by atoms with Gasteiger partial charge in [-0.05, 0) is 62.2 Å². The molecule has 0 spiro atoms. The maximum Gasteiger partial charge on any atom is 0.140 e. The zero-order chi connectivity index (χ0) is 22.1. The lowest BCUT2D eigenvalue weighted by Crippen LogP contribution is -2.45. The standard InChI is InChI=1S/C25H24Br2FNOS/c1-17(30)24(13-15-29-16-14-24)20-5-2-3-6-21(20)31-23-8-4-7-22(26)25(23,27)18-9-11-19(28)12-10-18/h2-12,23,29H,13-16H2,1H3. The average molecular weight is 565 g/mol. The topological polar surface area (TPSA) is 29.1 Å². The minimum atomic E-state index is -0.537.